The van der Waals surface area contributed by atoms with Crippen LogP contribution >= 0.6 is 27.3 Å². The van der Waals surface area contributed by atoms with Crippen LogP contribution in [0.2, 0.25) is 0 Å². The minimum Gasteiger partial charge on any atom is -0.304 e. The first kappa shape index (κ1) is 21.2. The van der Waals surface area contributed by atoms with E-state index in [2.05, 4.69) is 96.2 Å². The molecule has 4 heteroatoms. The molecule has 0 spiro atoms. The predicted molar refractivity (Wildman–Crippen MR) is 127 cm³/mol. The third-order valence-electron chi connectivity index (χ3n) is 5.11. The summed E-state index contributed by atoms with van der Waals surface area (Å²) in [6.07, 6.45) is 2.31. The lowest BCUT2D eigenvalue weighted by Gasteiger charge is -2.18. The average Bonchev–Trinajstić information content (AvgIpc) is 2.72. The van der Waals surface area contributed by atoms with Gasteiger partial charge in [0.25, 0.3) is 0 Å². The third kappa shape index (κ3) is 5.53. The Labute approximate surface area is 181 Å². The van der Waals surface area contributed by atoms with Gasteiger partial charge in [0.1, 0.15) is 0 Å². The second-order valence-corrected chi connectivity index (χ2v) is 9.15. The maximum atomic E-state index is 5.13. The van der Waals surface area contributed by atoms with Crippen LogP contribution in [0.3, 0.4) is 0 Å². The molecule has 0 amide bonds. The van der Waals surface area contributed by atoms with Crippen LogP contribution in [0, 0.1) is 0 Å². The number of rotatable bonds is 8. The van der Waals surface area contributed by atoms with E-state index in [9.17, 15) is 0 Å². The van der Waals surface area contributed by atoms with Crippen molar-refractivity contribution < 1.29 is 0 Å². The zero-order valence-corrected chi connectivity index (χ0v) is 19.4. The maximum absolute atomic E-state index is 5.13. The molecule has 0 aliphatic rings. The molecule has 1 unspecified atom stereocenters. The van der Waals surface area contributed by atoms with Gasteiger partial charge in [0.05, 0.1) is 5.36 Å². The second kappa shape index (κ2) is 10.3. The fourth-order valence-corrected chi connectivity index (χ4v) is 4.88. The van der Waals surface area contributed by atoms with Crippen molar-refractivity contribution >= 4 is 37.4 Å². The Morgan fingerprint density at radius 2 is 1.79 bits per heavy atom. The largest absolute Gasteiger partial charge is 0.304 e. The van der Waals surface area contributed by atoms with Crippen molar-refractivity contribution in [3.05, 3.63) is 64.4 Å². The highest BCUT2D eigenvalue weighted by Crippen LogP contribution is 2.29. The molecule has 0 fully saturated rings. The first-order chi connectivity index (χ1) is 13.6. The quantitative estimate of drug-likeness (QED) is 0.366. The van der Waals surface area contributed by atoms with Gasteiger partial charge in [-0.2, -0.15) is 0 Å². The van der Waals surface area contributed by atoms with Gasteiger partial charge >= 0.3 is 0 Å². The summed E-state index contributed by atoms with van der Waals surface area (Å²) in [5.74, 6) is 0. The van der Waals surface area contributed by atoms with E-state index < -0.39 is 0 Å². The lowest BCUT2D eigenvalue weighted by Crippen LogP contribution is -2.24. The highest BCUT2D eigenvalue weighted by molar-refractivity contribution is 9.10. The Hall–Kier alpha value is -1.49. The number of hydrogen-bond donors (Lipinski definition) is 0. The van der Waals surface area contributed by atoms with Crippen LogP contribution in [0.25, 0.3) is 20.5 Å². The molecule has 3 aromatic rings. The summed E-state index contributed by atoms with van der Waals surface area (Å²) in [5.41, 5.74) is 1.25. The summed E-state index contributed by atoms with van der Waals surface area (Å²) < 4.78 is 2.38. The van der Waals surface area contributed by atoms with Crippen molar-refractivity contribution in [1.82, 2.24) is 4.90 Å². The van der Waals surface area contributed by atoms with E-state index in [4.69, 9.17) is 4.99 Å². The molecule has 1 atom stereocenters. The normalized spacial score (nSPS) is 13.4. The van der Waals surface area contributed by atoms with Crippen molar-refractivity contribution in [2.24, 2.45) is 4.99 Å². The number of hydrogen-bond acceptors (Lipinski definition) is 3. The third-order valence-corrected chi connectivity index (χ3v) is 6.76. The molecule has 0 aliphatic heterocycles. The molecule has 2 nitrogen and oxygen atoms in total. The molecule has 1 aromatic heterocycles. The standard InChI is InChI=1S/C24H29BrN2S/c1-4-27(5-2)15-9-10-18(3)26-22-17-24(19-11-7-6-8-12-19)28-23-14-13-20(25)16-21(22)23/h6-8,11-14,16-18H,4-5,9-10,15H2,1-3H3. The number of fused-ring (bicyclic) bond motifs is 1. The van der Waals surface area contributed by atoms with Crippen LogP contribution in [-0.4, -0.2) is 30.6 Å². The van der Waals surface area contributed by atoms with Gasteiger partial charge in [-0.25, -0.2) is 0 Å². The fraction of sp³-hybridized carbons (Fsp3) is 0.375. The second-order valence-electron chi connectivity index (χ2n) is 7.15. The molecular weight excluding hydrogens is 428 g/mol. The van der Waals surface area contributed by atoms with Crippen LogP contribution in [-0.2, 0) is 0 Å². The van der Waals surface area contributed by atoms with Crippen LogP contribution in [0.15, 0.2) is 64.1 Å². The minimum absolute atomic E-state index is 0.314. The summed E-state index contributed by atoms with van der Waals surface area (Å²) in [6, 6.07) is 19.7. The molecule has 0 aliphatic carbocycles. The van der Waals surface area contributed by atoms with Crippen LogP contribution in [0.4, 0.5) is 0 Å². The van der Waals surface area contributed by atoms with Crippen molar-refractivity contribution in [1.29, 1.82) is 0 Å². The molecule has 28 heavy (non-hydrogen) atoms. The zero-order chi connectivity index (χ0) is 19.9. The van der Waals surface area contributed by atoms with E-state index in [1.807, 2.05) is 11.3 Å². The van der Waals surface area contributed by atoms with Crippen molar-refractivity contribution in [2.75, 3.05) is 19.6 Å². The van der Waals surface area contributed by atoms with E-state index in [-0.39, 0.29) is 0 Å². The lowest BCUT2D eigenvalue weighted by atomic mass is 10.1. The van der Waals surface area contributed by atoms with Crippen molar-refractivity contribution in [2.45, 2.75) is 39.7 Å². The first-order valence-electron chi connectivity index (χ1n) is 10.2. The van der Waals surface area contributed by atoms with Gasteiger partial charge in [-0.15, -0.1) is 11.3 Å². The Balaban J connectivity index is 1.93. The molecule has 0 saturated carbocycles. The Bertz CT molecular complexity index is 961. The minimum atomic E-state index is 0.314. The SMILES string of the molecule is CCN(CC)CCCC(C)N=c1cc(-c2ccccc2)sc2ccc(Br)cc12. The zero-order valence-electron chi connectivity index (χ0n) is 17.0. The van der Waals surface area contributed by atoms with Crippen LogP contribution < -0.4 is 5.36 Å². The summed E-state index contributed by atoms with van der Waals surface area (Å²) in [5, 5.41) is 2.33. The highest BCUT2D eigenvalue weighted by atomic mass is 79.9. The molecule has 2 aromatic carbocycles. The van der Waals surface area contributed by atoms with Crippen LogP contribution in [0.5, 0.6) is 0 Å². The van der Waals surface area contributed by atoms with Crippen molar-refractivity contribution in [3.63, 3.8) is 0 Å². The molecule has 1 heterocycles. The number of benzene rings is 2. The van der Waals surface area contributed by atoms with Gasteiger partial charge in [0, 0.05) is 25.5 Å². The van der Waals surface area contributed by atoms with Crippen LogP contribution in [0.1, 0.15) is 33.6 Å². The topological polar surface area (TPSA) is 15.6 Å². The number of nitrogens with zero attached hydrogens (tertiary/aromatic N) is 2. The molecule has 0 N–H and O–H groups in total. The molecule has 3 rings (SSSR count). The Morgan fingerprint density at radius 3 is 2.50 bits per heavy atom. The monoisotopic (exact) mass is 456 g/mol. The fourth-order valence-electron chi connectivity index (χ4n) is 3.44. The van der Waals surface area contributed by atoms with E-state index in [0.717, 1.165) is 35.9 Å². The van der Waals surface area contributed by atoms with Gasteiger partial charge in [-0.05, 0) is 69.2 Å². The van der Waals surface area contributed by atoms with Gasteiger partial charge in [0.2, 0.25) is 0 Å². The smallest absolute Gasteiger partial charge is 0.0678 e. The molecule has 0 saturated heterocycles. The van der Waals surface area contributed by atoms with E-state index in [0.29, 0.717) is 6.04 Å². The van der Waals surface area contributed by atoms with Gasteiger partial charge in [-0.1, -0.05) is 60.1 Å². The number of halogens is 1. The molecule has 148 valence electrons. The lowest BCUT2D eigenvalue weighted by molar-refractivity contribution is 0.294. The first-order valence-corrected chi connectivity index (χ1v) is 11.8. The summed E-state index contributed by atoms with van der Waals surface area (Å²) >= 11 is 5.46. The summed E-state index contributed by atoms with van der Waals surface area (Å²) in [4.78, 5) is 8.88. The van der Waals surface area contributed by atoms with Gasteiger partial charge in [0.15, 0.2) is 0 Å². The van der Waals surface area contributed by atoms with E-state index in [1.54, 1.807) is 0 Å². The molecule has 0 bridgehead atoms. The molecule has 0 radical (unpaired) electrons. The summed E-state index contributed by atoms with van der Waals surface area (Å²) in [7, 11) is 0. The molecular formula is C24H29BrN2S. The highest BCUT2D eigenvalue weighted by Gasteiger charge is 2.07. The predicted octanol–water partition coefficient (Wildman–Crippen LogP) is 6.74. The van der Waals surface area contributed by atoms with E-state index in [1.165, 1.54) is 26.9 Å². The van der Waals surface area contributed by atoms with E-state index >= 15 is 0 Å². The van der Waals surface area contributed by atoms with Crippen molar-refractivity contribution in [3.8, 4) is 10.4 Å². The maximum Gasteiger partial charge on any atom is 0.0678 e. The van der Waals surface area contributed by atoms with Gasteiger partial charge < -0.3 is 4.90 Å². The Morgan fingerprint density at radius 1 is 1.04 bits per heavy atom. The summed E-state index contributed by atoms with van der Waals surface area (Å²) in [6.45, 7) is 10.1. The van der Waals surface area contributed by atoms with Gasteiger partial charge in [-0.3, -0.25) is 4.99 Å². The Kier molecular flexibility index (Phi) is 7.83. The average molecular weight is 457 g/mol.